The van der Waals surface area contributed by atoms with E-state index in [0.29, 0.717) is 12.5 Å². The Labute approximate surface area is 152 Å². The lowest BCUT2D eigenvalue weighted by Crippen LogP contribution is -2.55. The molecule has 1 amide bonds. The van der Waals surface area contributed by atoms with E-state index in [4.69, 9.17) is 0 Å². The SMILES string of the molecule is CC(C)[C@H](C#N)N1CCN(C(=O)CN2CCN(CC3CC3)CC2)CC1. The largest absolute Gasteiger partial charge is 0.339 e. The summed E-state index contributed by atoms with van der Waals surface area (Å²) in [6.07, 6.45) is 2.82. The van der Waals surface area contributed by atoms with Gasteiger partial charge in [-0.15, -0.1) is 0 Å². The number of piperazine rings is 2. The van der Waals surface area contributed by atoms with E-state index in [0.717, 1.165) is 58.3 Å². The van der Waals surface area contributed by atoms with Gasteiger partial charge in [-0.1, -0.05) is 13.8 Å². The highest BCUT2D eigenvalue weighted by atomic mass is 16.2. The van der Waals surface area contributed by atoms with E-state index in [2.05, 4.69) is 34.6 Å². The zero-order chi connectivity index (χ0) is 17.8. The number of carbonyl (C=O) groups is 1. The topological polar surface area (TPSA) is 53.8 Å². The molecule has 2 aliphatic heterocycles. The Morgan fingerprint density at radius 2 is 1.60 bits per heavy atom. The molecule has 1 saturated carbocycles. The molecule has 0 bridgehead atoms. The maximum absolute atomic E-state index is 12.6. The van der Waals surface area contributed by atoms with Crippen LogP contribution in [0.25, 0.3) is 0 Å². The number of rotatable bonds is 6. The first-order chi connectivity index (χ1) is 12.1. The van der Waals surface area contributed by atoms with Crippen LogP contribution < -0.4 is 0 Å². The second-order valence-corrected chi connectivity index (χ2v) is 8.25. The molecule has 6 heteroatoms. The molecule has 2 saturated heterocycles. The van der Waals surface area contributed by atoms with Crippen LogP contribution in [-0.4, -0.2) is 97.0 Å². The van der Waals surface area contributed by atoms with Crippen molar-refractivity contribution in [2.75, 3.05) is 65.4 Å². The summed E-state index contributed by atoms with van der Waals surface area (Å²) in [4.78, 5) is 21.7. The molecule has 0 aromatic carbocycles. The summed E-state index contributed by atoms with van der Waals surface area (Å²) >= 11 is 0. The average Bonchev–Trinajstić information content (AvgIpc) is 3.41. The summed E-state index contributed by atoms with van der Waals surface area (Å²) in [5.41, 5.74) is 0. The fraction of sp³-hybridized carbons (Fsp3) is 0.895. The highest BCUT2D eigenvalue weighted by Crippen LogP contribution is 2.29. The van der Waals surface area contributed by atoms with E-state index in [1.165, 1.54) is 19.4 Å². The molecular weight excluding hydrogens is 314 g/mol. The molecule has 0 N–H and O–H groups in total. The Bertz CT molecular complexity index is 483. The maximum Gasteiger partial charge on any atom is 0.236 e. The van der Waals surface area contributed by atoms with Crippen LogP contribution in [0.2, 0.25) is 0 Å². The molecule has 3 aliphatic rings. The summed E-state index contributed by atoms with van der Waals surface area (Å²) in [5.74, 6) is 1.54. The predicted molar refractivity (Wildman–Crippen MR) is 98.0 cm³/mol. The first-order valence-electron chi connectivity index (χ1n) is 9.93. The number of hydrogen-bond acceptors (Lipinski definition) is 5. The number of nitriles is 1. The minimum Gasteiger partial charge on any atom is -0.339 e. The van der Waals surface area contributed by atoms with Crippen LogP contribution >= 0.6 is 0 Å². The van der Waals surface area contributed by atoms with E-state index in [-0.39, 0.29) is 11.9 Å². The van der Waals surface area contributed by atoms with Gasteiger partial charge < -0.3 is 9.80 Å². The molecule has 0 aromatic heterocycles. The number of carbonyl (C=O) groups excluding carboxylic acids is 1. The lowest BCUT2D eigenvalue weighted by atomic mass is 10.0. The van der Waals surface area contributed by atoms with Crippen LogP contribution in [0, 0.1) is 23.2 Å². The van der Waals surface area contributed by atoms with E-state index < -0.39 is 0 Å². The summed E-state index contributed by atoms with van der Waals surface area (Å²) < 4.78 is 0. The van der Waals surface area contributed by atoms with Gasteiger partial charge in [0.25, 0.3) is 0 Å². The van der Waals surface area contributed by atoms with Crippen LogP contribution in [0.1, 0.15) is 26.7 Å². The maximum atomic E-state index is 12.6. The molecule has 3 rings (SSSR count). The van der Waals surface area contributed by atoms with Crippen molar-refractivity contribution in [2.24, 2.45) is 11.8 Å². The van der Waals surface area contributed by atoms with Gasteiger partial charge in [0.1, 0.15) is 6.04 Å². The zero-order valence-electron chi connectivity index (χ0n) is 15.9. The van der Waals surface area contributed by atoms with Gasteiger partial charge in [-0.3, -0.25) is 14.6 Å². The lowest BCUT2D eigenvalue weighted by Gasteiger charge is -2.39. The normalized spacial score (nSPS) is 25.1. The zero-order valence-corrected chi connectivity index (χ0v) is 15.9. The fourth-order valence-electron chi connectivity index (χ4n) is 3.99. The monoisotopic (exact) mass is 347 g/mol. The lowest BCUT2D eigenvalue weighted by molar-refractivity contribution is -0.134. The molecule has 1 atom stereocenters. The van der Waals surface area contributed by atoms with Crippen LogP contribution in [0.4, 0.5) is 0 Å². The van der Waals surface area contributed by atoms with E-state index in [1.54, 1.807) is 0 Å². The van der Waals surface area contributed by atoms with Gasteiger partial charge in [-0.25, -0.2) is 0 Å². The van der Waals surface area contributed by atoms with Gasteiger partial charge in [-0.2, -0.15) is 5.26 Å². The Kier molecular flexibility index (Phi) is 6.32. The Morgan fingerprint density at radius 1 is 1.00 bits per heavy atom. The molecule has 0 radical (unpaired) electrons. The second kappa shape index (κ2) is 8.48. The van der Waals surface area contributed by atoms with Gasteiger partial charge >= 0.3 is 0 Å². The molecule has 0 spiro atoms. The molecular formula is C19H33N5O. The number of nitrogens with zero attached hydrogens (tertiary/aromatic N) is 5. The van der Waals surface area contributed by atoms with Gasteiger partial charge in [0.15, 0.2) is 0 Å². The third kappa shape index (κ3) is 5.16. The van der Waals surface area contributed by atoms with Gasteiger partial charge in [0.05, 0.1) is 12.6 Å². The van der Waals surface area contributed by atoms with Crippen molar-refractivity contribution in [3.05, 3.63) is 0 Å². The third-order valence-corrected chi connectivity index (χ3v) is 5.86. The molecule has 140 valence electrons. The molecule has 2 heterocycles. The Balaban J connectivity index is 1.37. The van der Waals surface area contributed by atoms with Crippen molar-refractivity contribution < 1.29 is 4.79 Å². The van der Waals surface area contributed by atoms with Crippen molar-refractivity contribution in [3.63, 3.8) is 0 Å². The van der Waals surface area contributed by atoms with Gasteiger partial charge in [-0.05, 0) is 24.7 Å². The average molecular weight is 348 g/mol. The van der Waals surface area contributed by atoms with Crippen molar-refractivity contribution >= 4 is 5.91 Å². The summed E-state index contributed by atoms with van der Waals surface area (Å²) in [6.45, 7) is 13.4. The molecule has 0 aromatic rings. The van der Waals surface area contributed by atoms with Gasteiger partial charge in [0, 0.05) is 58.9 Å². The van der Waals surface area contributed by atoms with Crippen LogP contribution in [0.15, 0.2) is 0 Å². The molecule has 3 fully saturated rings. The number of amides is 1. The fourth-order valence-corrected chi connectivity index (χ4v) is 3.99. The van der Waals surface area contributed by atoms with Crippen molar-refractivity contribution in [2.45, 2.75) is 32.7 Å². The quantitative estimate of drug-likeness (QED) is 0.708. The highest BCUT2D eigenvalue weighted by molar-refractivity contribution is 5.78. The Hall–Kier alpha value is -1.16. The smallest absolute Gasteiger partial charge is 0.236 e. The first kappa shape index (κ1) is 18.6. The molecule has 0 unspecified atom stereocenters. The highest BCUT2D eigenvalue weighted by Gasteiger charge is 2.30. The molecule has 6 nitrogen and oxygen atoms in total. The van der Waals surface area contributed by atoms with Crippen molar-refractivity contribution in [3.8, 4) is 6.07 Å². The van der Waals surface area contributed by atoms with E-state index in [1.807, 2.05) is 4.90 Å². The summed E-state index contributed by atoms with van der Waals surface area (Å²) in [7, 11) is 0. The third-order valence-electron chi connectivity index (χ3n) is 5.86. The summed E-state index contributed by atoms with van der Waals surface area (Å²) in [5, 5.41) is 9.34. The van der Waals surface area contributed by atoms with E-state index >= 15 is 0 Å². The van der Waals surface area contributed by atoms with Crippen LogP contribution in [-0.2, 0) is 4.79 Å². The summed E-state index contributed by atoms with van der Waals surface area (Å²) in [6, 6.07) is 2.38. The van der Waals surface area contributed by atoms with Crippen molar-refractivity contribution in [1.82, 2.24) is 19.6 Å². The number of hydrogen-bond donors (Lipinski definition) is 0. The van der Waals surface area contributed by atoms with Crippen molar-refractivity contribution in [1.29, 1.82) is 5.26 Å². The minimum atomic E-state index is -0.0307. The van der Waals surface area contributed by atoms with E-state index in [9.17, 15) is 10.1 Å². The molecule has 1 aliphatic carbocycles. The first-order valence-corrected chi connectivity index (χ1v) is 9.93. The minimum absolute atomic E-state index is 0.0307. The predicted octanol–water partition coefficient (Wildman–Crippen LogP) is 0.706. The van der Waals surface area contributed by atoms with Gasteiger partial charge in [0.2, 0.25) is 5.91 Å². The van der Waals surface area contributed by atoms with Crippen LogP contribution in [0.3, 0.4) is 0 Å². The second-order valence-electron chi connectivity index (χ2n) is 8.25. The van der Waals surface area contributed by atoms with Crippen LogP contribution in [0.5, 0.6) is 0 Å². The Morgan fingerprint density at radius 3 is 2.12 bits per heavy atom. The molecule has 25 heavy (non-hydrogen) atoms. The standard InChI is InChI=1S/C19H33N5O/c1-16(2)18(13-20)23-9-11-24(12-10-23)19(25)15-22-7-5-21(6-8-22)14-17-3-4-17/h16-18H,3-12,14-15H2,1-2H3/t18-/m0/s1.